The molecule has 0 saturated carbocycles. The number of benzene rings is 1. The van der Waals surface area contributed by atoms with Gasteiger partial charge < -0.3 is 9.30 Å². The van der Waals surface area contributed by atoms with Crippen molar-refractivity contribution in [2.75, 3.05) is 6.61 Å². The Hall–Kier alpha value is -2.62. The summed E-state index contributed by atoms with van der Waals surface area (Å²) in [7, 11) is 0. The summed E-state index contributed by atoms with van der Waals surface area (Å²) in [6.07, 6.45) is 5.14. The van der Waals surface area contributed by atoms with Crippen LogP contribution in [0, 0.1) is 6.92 Å². The van der Waals surface area contributed by atoms with Gasteiger partial charge in [-0.1, -0.05) is 19.9 Å². The second-order valence-corrected chi connectivity index (χ2v) is 6.30. The van der Waals surface area contributed by atoms with Crippen LogP contribution < -0.4 is 10.3 Å². The van der Waals surface area contributed by atoms with Crippen molar-refractivity contribution in [3.05, 3.63) is 70.4 Å². The lowest BCUT2D eigenvalue weighted by Crippen LogP contribution is -2.22. The van der Waals surface area contributed by atoms with E-state index in [2.05, 4.69) is 37.9 Å². The number of hydrogen-bond acceptors (Lipinski definition) is 3. The van der Waals surface area contributed by atoms with Crippen molar-refractivity contribution in [2.45, 2.75) is 33.2 Å². The van der Waals surface area contributed by atoms with Gasteiger partial charge in [-0.15, -0.1) is 0 Å². The maximum absolute atomic E-state index is 12.4. The van der Waals surface area contributed by atoms with Crippen molar-refractivity contribution in [1.82, 2.24) is 9.55 Å². The molecule has 0 N–H and O–H groups in total. The summed E-state index contributed by atoms with van der Waals surface area (Å²) >= 11 is 0. The van der Waals surface area contributed by atoms with Gasteiger partial charge in [-0.3, -0.25) is 9.78 Å². The minimum absolute atomic E-state index is 0.00941. The lowest BCUT2D eigenvalue weighted by Gasteiger charge is -2.13. The van der Waals surface area contributed by atoms with Gasteiger partial charge in [0.05, 0.1) is 11.9 Å². The van der Waals surface area contributed by atoms with Gasteiger partial charge in [0.25, 0.3) is 5.56 Å². The summed E-state index contributed by atoms with van der Waals surface area (Å²) in [5.41, 5.74) is 2.56. The molecule has 0 spiro atoms. The summed E-state index contributed by atoms with van der Waals surface area (Å²) in [6.45, 7) is 7.44. The SMILES string of the molecule is Cc1cc(OCCn2ccc3cnccc3c2=O)ccc1C(C)C. The zero-order valence-electron chi connectivity index (χ0n) is 14.3. The molecule has 0 unspecified atom stereocenters. The van der Waals surface area contributed by atoms with Crippen LogP contribution in [0.25, 0.3) is 10.8 Å². The highest BCUT2D eigenvalue weighted by molar-refractivity contribution is 5.80. The summed E-state index contributed by atoms with van der Waals surface area (Å²) < 4.78 is 7.50. The van der Waals surface area contributed by atoms with Crippen LogP contribution in [0.1, 0.15) is 30.9 Å². The molecule has 3 aromatic rings. The standard InChI is InChI=1S/C20H22N2O2/c1-14(2)18-5-4-17(12-15(18)3)24-11-10-22-9-7-16-13-21-8-6-19(16)20(22)23/h4-9,12-14H,10-11H2,1-3H3. The molecule has 4 nitrogen and oxygen atoms in total. The number of rotatable bonds is 5. The van der Waals surface area contributed by atoms with Gasteiger partial charge >= 0.3 is 0 Å². The zero-order chi connectivity index (χ0) is 17.1. The van der Waals surface area contributed by atoms with E-state index >= 15 is 0 Å². The van der Waals surface area contributed by atoms with Gasteiger partial charge in [-0.25, -0.2) is 0 Å². The highest BCUT2D eigenvalue weighted by atomic mass is 16.5. The first-order valence-electron chi connectivity index (χ1n) is 8.23. The van der Waals surface area contributed by atoms with Crippen LogP contribution in [0.4, 0.5) is 0 Å². The molecule has 24 heavy (non-hydrogen) atoms. The van der Waals surface area contributed by atoms with Crippen molar-refractivity contribution >= 4 is 10.8 Å². The second kappa shape index (κ2) is 6.87. The number of hydrogen-bond donors (Lipinski definition) is 0. The monoisotopic (exact) mass is 322 g/mol. The van der Waals surface area contributed by atoms with Crippen LogP contribution in [0.15, 0.2) is 53.7 Å². The van der Waals surface area contributed by atoms with Crippen molar-refractivity contribution in [3.63, 3.8) is 0 Å². The average molecular weight is 322 g/mol. The molecule has 0 radical (unpaired) electrons. The third-order valence-electron chi connectivity index (χ3n) is 4.24. The quantitative estimate of drug-likeness (QED) is 0.715. The van der Waals surface area contributed by atoms with Gasteiger partial charge in [0.2, 0.25) is 0 Å². The first-order chi connectivity index (χ1) is 11.6. The van der Waals surface area contributed by atoms with Gasteiger partial charge in [0.1, 0.15) is 12.4 Å². The molecule has 0 fully saturated rings. The Morgan fingerprint density at radius 3 is 2.79 bits per heavy atom. The molecule has 0 saturated heterocycles. The van der Waals surface area contributed by atoms with Gasteiger partial charge in [-0.05, 0) is 48.2 Å². The van der Waals surface area contributed by atoms with Gasteiger partial charge in [0.15, 0.2) is 0 Å². The van der Waals surface area contributed by atoms with Gasteiger partial charge in [-0.2, -0.15) is 0 Å². The molecule has 124 valence electrons. The third-order valence-corrected chi connectivity index (χ3v) is 4.24. The fraction of sp³-hybridized carbons (Fsp3) is 0.300. The van der Waals surface area contributed by atoms with E-state index in [0.29, 0.717) is 24.5 Å². The maximum atomic E-state index is 12.4. The second-order valence-electron chi connectivity index (χ2n) is 6.30. The minimum Gasteiger partial charge on any atom is -0.492 e. The molecular formula is C20H22N2O2. The smallest absolute Gasteiger partial charge is 0.258 e. The lowest BCUT2D eigenvalue weighted by atomic mass is 9.98. The maximum Gasteiger partial charge on any atom is 0.258 e. The average Bonchev–Trinajstić information content (AvgIpc) is 2.57. The van der Waals surface area contributed by atoms with Crippen LogP contribution in [-0.4, -0.2) is 16.2 Å². The Bertz CT molecular complexity index is 913. The summed E-state index contributed by atoms with van der Waals surface area (Å²) in [5, 5.41) is 1.55. The molecule has 0 aliphatic rings. The van der Waals surface area contributed by atoms with Crippen molar-refractivity contribution in [2.24, 2.45) is 0 Å². The Labute approximate surface area is 141 Å². The van der Waals surface area contributed by atoms with Crippen LogP contribution in [-0.2, 0) is 6.54 Å². The zero-order valence-corrected chi connectivity index (χ0v) is 14.3. The normalized spacial score (nSPS) is 11.2. The molecule has 0 aliphatic heterocycles. The lowest BCUT2D eigenvalue weighted by molar-refractivity contribution is 0.296. The molecule has 0 bridgehead atoms. The molecule has 1 aromatic carbocycles. The Kier molecular flexibility index (Phi) is 4.65. The van der Waals surface area contributed by atoms with E-state index in [4.69, 9.17) is 4.74 Å². The van der Waals surface area contributed by atoms with E-state index in [1.807, 2.05) is 12.1 Å². The summed E-state index contributed by atoms with van der Waals surface area (Å²) in [5.74, 6) is 1.35. The van der Waals surface area contributed by atoms with Crippen molar-refractivity contribution < 1.29 is 4.74 Å². The third kappa shape index (κ3) is 3.32. The minimum atomic E-state index is -0.00941. The van der Waals surface area contributed by atoms with Crippen LogP contribution in [0.5, 0.6) is 5.75 Å². The predicted molar refractivity (Wildman–Crippen MR) is 96.8 cm³/mol. The van der Waals surface area contributed by atoms with E-state index in [-0.39, 0.29) is 5.56 Å². The molecule has 0 amide bonds. The number of aromatic nitrogens is 2. The first-order valence-corrected chi connectivity index (χ1v) is 8.23. The highest BCUT2D eigenvalue weighted by Crippen LogP contribution is 2.23. The fourth-order valence-corrected chi connectivity index (χ4v) is 2.95. The molecule has 2 heterocycles. The number of fused-ring (bicyclic) bond motifs is 1. The van der Waals surface area contributed by atoms with E-state index in [9.17, 15) is 4.79 Å². The molecule has 3 rings (SSSR count). The Balaban J connectivity index is 1.70. The molecular weight excluding hydrogens is 300 g/mol. The fourth-order valence-electron chi connectivity index (χ4n) is 2.95. The van der Waals surface area contributed by atoms with Crippen LogP contribution in [0.3, 0.4) is 0 Å². The highest BCUT2D eigenvalue weighted by Gasteiger charge is 2.06. The van der Waals surface area contributed by atoms with E-state index < -0.39 is 0 Å². The first kappa shape index (κ1) is 16.2. The van der Waals surface area contributed by atoms with Gasteiger partial charge in [0, 0.05) is 24.0 Å². The number of nitrogens with zero attached hydrogens (tertiary/aromatic N) is 2. The van der Waals surface area contributed by atoms with Crippen molar-refractivity contribution in [1.29, 1.82) is 0 Å². The van der Waals surface area contributed by atoms with E-state index in [1.54, 1.807) is 29.2 Å². The predicted octanol–water partition coefficient (Wildman–Crippen LogP) is 3.91. The number of aryl methyl sites for hydroxylation is 1. The molecule has 0 aliphatic carbocycles. The Morgan fingerprint density at radius 1 is 1.21 bits per heavy atom. The van der Waals surface area contributed by atoms with Crippen LogP contribution in [0.2, 0.25) is 0 Å². The molecule has 0 atom stereocenters. The van der Waals surface area contributed by atoms with E-state index in [0.717, 1.165) is 11.1 Å². The topological polar surface area (TPSA) is 44.1 Å². The number of pyridine rings is 2. The summed E-state index contributed by atoms with van der Waals surface area (Å²) in [4.78, 5) is 16.5. The van der Waals surface area contributed by atoms with E-state index in [1.165, 1.54) is 11.1 Å². The largest absolute Gasteiger partial charge is 0.492 e. The molecule has 4 heteroatoms. The molecule has 2 aromatic heterocycles. The van der Waals surface area contributed by atoms with Crippen LogP contribution >= 0.6 is 0 Å². The number of ether oxygens (including phenoxy) is 1. The van der Waals surface area contributed by atoms with Crippen molar-refractivity contribution in [3.8, 4) is 5.75 Å². The Morgan fingerprint density at radius 2 is 2.04 bits per heavy atom. The summed E-state index contributed by atoms with van der Waals surface area (Å²) in [6, 6.07) is 9.83.